The lowest BCUT2D eigenvalue weighted by Crippen LogP contribution is -1.95. The van der Waals surface area contributed by atoms with Gasteiger partial charge in [0.2, 0.25) is 0 Å². The van der Waals surface area contributed by atoms with Gasteiger partial charge in [-0.15, -0.1) is 0 Å². The van der Waals surface area contributed by atoms with Gasteiger partial charge in [0.25, 0.3) is 0 Å². The second-order valence-electron chi connectivity index (χ2n) is 3.96. The SMILES string of the molecule is Cc1ccc2[nH]c(=S)n(-c3cnn(C)c3)c2n1. The van der Waals surface area contributed by atoms with Crippen molar-refractivity contribution >= 4 is 23.4 Å². The smallest absolute Gasteiger partial charge is 0.184 e. The molecule has 0 aliphatic rings. The highest BCUT2D eigenvalue weighted by Crippen LogP contribution is 2.17. The Kier molecular flexibility index (Phi) is 2.12. The fourth-order valence-electron chi connectivity index (χ4n) is 1.84. The van der Waals surface area contributed by atoms with Gasteiger partial charge < -0.3 is 4.98 Å². The van der Waals surface area contributed by atoms with Crippen LogP contribution in [0.1, 0.15) is 5.69 Å². The van der Waals surface area contributed by atoms with Crippen LogP contribution in [0.2, 0.25) is 0 Å². The summed E-state index contributed by atoms with van der Waals surface area (Å²) < 4.78 is 4.27. The molecule has 0 saturated heterocycles. The summed E-state index contributed by atoms with van der Waals surface area (Å²) in [6.45, 7) is 1.96. The molecule has 0 radical (unpaired) electrons. The lowest BCUT2D eigenvalue weighted by molar-refractivity contribution is 0.767. The first-order chi connectivity index (χ1) is 8.15. The number of hydrogen-bond donors (Lipinski definition) is 1. The fraction of sp³-hybridized carbons (Fsp3) is 0.182. The molecule has 86 valence electrons. The summed E-state index contributed by atoms with van der Waals surface area (Å²) in [4.78, 5) is 7.65. The van der Waals surface area contributed by atoms with Crippen LogP contribution < -0.4 is 0 Å². The highest BCUT2D eigenvalue weighted by Gasteiger charge is 2.09. The monoisotopic (exact) mass is 245 g/mol. The van der Waals surface area contributed by atoms with Crippen LogP contribution in [0.3, 0.4) is 0 Å². The first-order valence-corrected chi connectivity index (χ1v) is 5.63. The van der Waals surface area contributed by atoms with E-state index in [0.29, 0.717) is 4.77 Å². The average Bonchev–Trinajstić information content (AvgIpc) is 2.81. The number of H-pyrrole nitrogens is 1. The number of nitrogens with one attached hydrogen (secondary N) is 1. The van der Waals surface area contributed by atoms with Crippen LogP contribution in [0.5, 0.6) is 0 Å². The molecule has 3 aromatic heterocycles. The molecule has 0 fully saturated rings. The van der Waals surface area contributed by atoms with Gasteiger partial charge in [-0.3, -0.25) is 9.25 Å². The van der Waals surface area contributed by atoms with Crippen molar-refractivity contribution in [3.63, 3.8) is 0 Å². The number of aromatic amines is 1. The third-order valence-electron chi connectivity index (χ3n) is 2.62. The third-order valence-corrected chi connectivity index (χ3v) is 2.90. The number of hydrogen-bond acceptors (Lipinski definition) is 3. The van der Waals surface area contributed by atoms with Gasteiger partial charge in [0.05, 0.1) is 17.4 Å². The molecule has 0 spiro atoms. The lowest BCUT2D eigenvalue weighted by Gasteiger charge is -1.99. The number of aromatic nitrogens is 5. The van der Waals surface area contributed by atoms with Crippen LogP contribution in [0.25, 0.3) is 16.9 Å². The van der Waals surface area contributed by atoms with E-state index in [1.807, 2.05) is 36.9 Å². The van der Waals surface area contributed by atoms with Crippen molar-refractivity contribution in [3.05, 3.63) is 35.0 Å². The predicted molar refractivity (Wildman–Crippen MR) is 67.8 cm³/mol. The number of nitrogens with zero attached hydrogens (tertiary/aromatic N) is 4. The van der Waals surface area contributed by atoms with Crippen molar-refractivity contribution in [2.45, 2.75) is 6.92 Å². The zero-order chi connectivity index (χ0) is 12.0. The van der Waals surface area contributed by atoms with Crippen molar-refractivity contribution in [1.82, 2.24) is 24.3 Å². The molecule has 0 amide bonds. The molecular formula is C11H11N5S. The van der Waals surface area contributed by atoms with E-state index in [2.05, 4.69) is 15.1 Å². The van der Waals surface area contributed by atoms with Crippen molar-refractivity contribution in [1.29, 1.82) is 0 Å². The Balaban J connectivity index is 2.39. The lowest BCUT2D eigenvalue weighted by atomic mass is 10.3. The molecule has 3 heterocycles. The Hall–Kier alpha value is -1.95. The Morgan fingerprint density at radius 1 is 1.35 bits per heavy atom. The largest absolute Gasteiger partial charge is 0.329 e. The number of pyridine rings is 1. The molecule has 6 heteroatoms. The Morgan fingerprint density at radius 3 is 2.88 bits per heavy atom. The maximum absolute atomic E-state index is 5.32. The number of imidazole rings is 1. The van der Waals surface area contributed by atoms with Gasteiger partial charge in [-0.05, 0) is 31.3 Å². The molecule has 17 heavy (non-hydrogen) atoms. The van der Waals surface area contributed by atoms with Crippen LogP contribution >= 0.6 is 12.2 Å². The molecule has 0 atom stereocenters. The minimum atomic E-state index is 0.631. The molecule has 5 nitrogen and oxygen atoms in total. The van der Waals surface area contributed by atoms with E-state index in [-0.39, 0.29) is 0 Å². The molecule has 1 N–H and O–H groups in total. The Morgan fingerprint density at radius 2 is 2.18 bits per heavy atom. The first-order valence-electron chi connectivity index (χ1n) is 5.22. The molecule has 0 bridgehead atoms. The third kappa shape index (κ3) is 1.57. The van der Waals surface area contributed by atoms with Crippen LogP contribution in [0, 0.1) is 11.7 Å². The average molecular weight is 245 g/mol. The second kappa shape index (κ2) is 3.53. The van der Waals surface area contributed by atoms with Gasteiger partial charge in [-0.25, -0.2) is 4.98 Å². The van der Waals surface area contributed by atoms with Gasteiger partial charge in [-0.1, -0.05) is 0 Å². The van der Waals surface area contributed by atoms with E-state index in [1.165, 1.54) is 0 Å². The Labute approximate surface area is 103 Å². The summed E-state index contributed by atoms with van der Waals surface area (Å²) in [5.41, 5.74) is 3.65. The topological polar surface area (TPSA) is 51.4 Å². The number of aryl methyl sites for hydroxylation is 2. The summed E-state index contributed by atoms with van der Waals surface area (Å²) in [6, 6.07) is 3.95. The van der Waals surface area contributed by atoms with E-state index < -0.39 is 0 Å². The fourth-order valence-corrected chi connectivity index (χ4v) is 2.14. The maximum atomic E-state index is 5.32. The van der Waals surface area contributed by atoms with Crippen LogP contribution in [-0.2, 0) is 7.05 Å². The van der Waals surface area contributed by atoms with Crippen molar-refractivity contribution in [3.8, 4) is 5.69 Å². The quantitative estimate of drug-likeness (QED) is 0.668. The van der Waals surface area contributed by atoms with E-state index in [4.69, 9.17) is 12.2 Å². The number of fused-ring (bicyclic) bond motifs is 1. The van der Waals surface area contributed by atoms with Gasteiger partial charge in [-0.2, -0.15) is 5.10 Å². The standard InChI is InChI=1S/C11H11N5S/c1-7-3-4-9-10(13-7)16(11(17)14-9)8-5-12-15(2)6-8/h3-6H,1-2H3,(H,14,17). The molecule has 0 aliphatic carbocycles. The highest BCUT2D eigenvalue weighted by atomic mass is 32.1. The molecule has 0 unspecified atom stereocenters. The van der Waals surface area contributed by atoms with Gasteiger partial charge >= 0.3 is 0 Å². The summed E-state index contributed by atoms with van der Waals surface area (Å²) in [6.07, 6.45) is 3.68. The first kappa shape index (κ1) is 10.2. The van der Waals surface area contributed by atoms with Crippen molar-refractivity contribution in [2.75, 3.05) is 0 Å². The minimum absolute atomic E-state index is 0.631. The molecule has 0 saturated carbocycles. The van der Waals surface area contributed by atoms with Gasteiger partial charge in [0.15, 0.2) is 10.4 Å². The second-order valence-corrected chi connectivity index (χ2v) is 4.35. The zero-order valence-electron chi connectivity index (χ0n) is 9.51. The normalized spacial score (nSPS) is 11.2. The molecule has 0 aliphatic heterocycles. The predicted octanol–water partition coefficient (Wildman–Crippen LogP) is 2.13. The molecule has 3 rings (SSSR count). The molecular weight excluding hydrogens is 234 g/mol. The molecule has 0 aromatic carbocycles. The highest BCUT2D eigenvalue weighted by molar-refractivity contribution is 7.71. The van der Waals surface area contributed by atoms with Crippen molar-refractivity contribution < 1.29 is 0 Å². The van der Waals surface area contributed by atoms with E-state index in [1.54, 1.807) is 10.9 Å². The van der Waals surface area contributed by atoms with Crippen LogP contribution in [0.4, 0.5) is 0 Å². The van der Waals surface area contributed by atoms with Gasteiger partial charge in [0.1, 0.15) is 0 Å². The summed E-state index contributed by atoms with van der Waals surface area (Å²) >= 11 is 5.32. The Bertz CT molecular complexity index is 749. The van der Waals surface area contributed by atoms with Crippen LogP contribution in [-0.4, -0.2) is 24.3 Å². The maximum Gasteiger partial charge on any atom is 0.184 e. The zero-order valence-corrected chi connectivity index (χ0v) is 10.3. The van der Waals surface area contributed by atoms with E-state index in [9.17, 15) is 0 Å². The van der Waals surface area contributed by atoms with E-state index in [0.717, 1.165) is 22.5 Å². The van der Waals surface area contributed by atoms with E-state index >= 15 is 0 Å². The summed E-state index contributed by atoms with van der Waals surface area (Å²) in [5.74, 6) is 0. The van der Waals surface area contributed by atoms with Gasteiger partial charge in [0, 0.05) is 18.9 Å². The molecule has 3 aromatic rings. The summed E-state index contributed by atoms with van der Waals surface area (Å²) in [7, 11) is 1.88. The number of rotatable bonds is 1. The van der Waals surface area contributed by atoms with Crippen LogP contribution in [0.15, 0.2) is 24.5 Å². The minimum Gasteiger partial charge on any atom is -0.329 e. The van der Waals surface area contributed by atoms with Crippen molar-refractivity contribution in [2.24, 2.45) is 7.05 Å². The summed E-state index contributed by atoms with van der Waals surface area (Å²) in [5, 5.41) is 4.15.